The van der Waals surface area contributed by atoms with E-state index in [0.717, 1.165) is 19.5 Å². The molecular formula is C13H28F3N3. The zero-order valence-electron chi connectivity index (χ0n) is 12.5. The maximum atomic E-state index is 12.2. The quantitative estimate of drug-likeness (QED) is 0.505. The topological polar surface area (TPSA) is 41.3 Å². The molecule has 2 atom stereocenters. The van der Waals surface area contributed by atoms with Crippen LogP contribution >= 0.6 is 0 Å². The summed E-state index contributed by atoms with van der Waals surface area (Å²) in [5.74, 6) is 5.57. The summed E-state index contributed by atoms with van der Waals surface area (Å²) in [5, 5.41) is 0. The standard InChI is InChI=1S/C13H28F3N3/c1-5-12(4,19(6-2)7-3)11(18-17)9-8-10-13(14,15)16/h11,18H,5-10,17H2,1-4H3. The lowest BCUT2D eigenvalue weighted by molar-refractivity contribution is -0.136. The Balaban J connectivity index is 4.69. The van der Waals surface area contributed by atoms with Crippen LogP contribution < -0.4 is 11.3 Å². The summed E-state index contributed by atoms with van der Waals surface area (Å²) >= 11 is 0. The van der Waals surface area contributed by atoms with Crippen molar-refractivity contribution >= 4 is 0 Å². The first kappa shape index (κ1) is 18.7. The Morgan fingerprint density at radius 3 is 2.00 bits per heavy atom. The highest BCUT2D eigenvalue weighted by Gasteiger charge is 2.37. The van der Waals surface area contributed by atoms with Gasteiger partial charge in [0, 0.05) is 18.0 Å². The Kier molecular flexibility index (Phi) is 7.93. The molecule has 0 aromatic rings. The fraction of sp³-hybridized carbons (Fsp3) is 1.00. The third-order valence-corrected chi connectivity index (χ3v) is 4.11. The van der Waals surface area contributed by atoms with E-state index in [1.807, 2.05) is 6.92 Å². The van der Waals surface area contributed by atoms with Crippen LogP contribution in [0.2, 0.25) is 0 Å². The van der Waals surface area contributed by atoms with E-state index in [1.165, 1.54) is 0 Å². The molecule has 0 aromatic heterocycles. The zero-order chi connectivity index (χ0) is 15.1. The molecule has 0 radical (unpaired) electrons. The molecule has 0 spiro atoms. The summed E-state index contributed by atoms with van der Waals surface area (Å²) in [4.78, 5) is 2.26. The Labute approximate surface area is 114 Å². The summed E-state index contributed by atoms with van der Waals surface area (Å²) in [6, 6.07) is -0.139. The van der Waals surface area contributed by atoms with Gasteiger partial charge in [0.05, 0.1) is 0 Å². The molecule has 0 heterocycles. The fourth-order valence-corrected chi connectivity index (χ4v) is 2.72. The van der Waals surface area contributed by atoms with E-state index in [0.29, 0.717) is 6.42 Å². The Hall–Kier alpha value is -0.330. The van der Waals surface area contributed by atoms with Crippen LogP contribution in [0.15, 0.2) is 0 Å². The smallest absolute Gasteiger partial charge is 0.297 e. The average Bonchev–Trinajstić information content (AvgIpc) is 2.34. The van der Waals surface area contributed by atoms with Crippen LogP contribution in [0.3, 0.4) is 0 Å². The molecule has 3 nitrogen and oxygen atoms in total. The van der Waals surface area contributed by atoms with Crippen molar-refractivity contribution < 1.29 is 13.2 Å². The maximum absolute atomic E-state index is 12.2. The van der Waals surface area contributed by atoms with E-state index < -0.39 is 12.6 Å². The maximum Gasteiger partial charge on any atom is 0.389 e. The van der Waals surface area contributed by atoms with Crippen LogP contribution in [-0.2, 0) is 0 Å². The number of hydrogen-bond acceptors (Lipinski definition) is 3. The van der Waals surface area contributed by atoms with Gasteiger partial charge in [-0.05, 0) is 39.3 Å². The summed E-state index contributed by atoms with van der Waals surface area (Å²) in [6.45, 7) is 9.95. The second kappa shape index (κ2) is 8.07. The first-order chi connectivity index (χ1) is 8.75. The molecule has 0 bridgehead atoms. The van der Waals surface area contributed by atoms with Crippen LogP contribution in [0, 0.1) is 0 Å². The minimum Gasteiger partial charge on any atom is -0.297 e. The number of nitrogens with one attached hydrogen (secondary N) is 1. The van der Waals surface area contributed by atoms with Crippen LogP contribution in [0.5, 0.6) is 0 Å². The average molecular weight is 283 g/mol. The number of nitrogens with two attached hydrogens (primary N) is 1. The van der Waals surface area contributed by atoms with Gasteiger partial charge >= 0.3 is 6.18 Å². The Morgan fingerprint density at radius 2 is 1.68 bits per heavy atom. The van der Waals surface area contributed by atoms with Gasteiger partial charge in [-0.1, -0.05) is 20.8 Å². The number of nitrogens with zero attached hydrogens (tertiary/aromatic N) is 1. The van der Waals surface area contributed by atoms with E-state index in [2.05, 4.69) is 31.1 Å². The molecule has 0 aromatic carbocycles. The van der Waals surface area contributed by atoms with E-state index in [4.69, 9.17) is 5.84 Å². The number of hydrogen-bond donors (Lipinski definition) is 2. The monoisotopic (exact) mass is 283 g/mol. The van der Waals surface area contributed by atoms with Crippen LogP contribution in [0.25, 0.3) is 0 Å². The highest BCUT2D eigenvalue weighted by molar-refractivity contribution is 4.94. The second-order valence-corrected chi connectivity index (χ2v) is 5.11. The molecule has 116 valence electrons. The minimum absolute atomic E-state index is 0.106. The summed E-state index contributed by atoms with van der Waals surface area (Å²) < 4.78 is 36.7. The molecule has 19 heavy (non-hydrogen) atoms. The zero-order valence-corrected chi connectivity index (χ0v) is 12.5. The van der Waals surface area contributed by atoms with Crippen molar-refractivity contribution in [2.24, 2.45) is 5.84 Å². The second-order valence-electron chi connectivity index (χ2n) is 5.11. The van der Waals surface area contributed by atoms with Gasteiger partial charge < -0.3 is 0 Å². The first-order valence-corrected chi connectivity index (χ1v) is 7.03. The molecule has 0 aliphatic rings. The Bertz CT molecular complexity index is 242. The van der Waals surface area contributed by atoms with E-state index in [1.54, 1.807) is 0 Å². The van der Waals surface area contributed by atoms with Crippen LogP contribution in [0.1, 0.15) is 53.4 Å². The predicted octanol–water partition coefficient (Wildman–Crippen LogP) is 3.06. The SMILES string of the molecule is CCN(CC)C(C)(CC)C(CCCC(F)(F)F)NN. The van der Waals surface area contributed by atoms with Gasteiger partial charge in [-0.25, -0.2) is 0 Å². The highest BCUT2D eigenvalue weighted by atomic mass is 19.4. The van der Waals surface area contributed by atoms with Crippen molar-refractivity contribution in [1.82, 2.24) is 10.3 Å². The predicted molar refractivity (Wildman–Crippen MR) is 72.6 cm³/mol. The van der Waals surface area contributed by atoms with E-state index in [9.17, 15) is 13.2 Å². The molecule has 0 aliphatic heterocycles. The summed E-state index contributed by atoms with van der Waals surface area (Å²) in [6.07, 6.45) is -3.46. The largest absolute Gasteiger partial charge is 0.389 e. The molecule has 0 aliphatic carbocycles. The first-order valence-electron chi connectivity index (χ1n) is 7.03. The molecule has 0 fully saturated rings. The van der Waals surface area contributed by atoms with Crippen molar-refractivity contribution in [2.75, 3.05) is 13.1 Å². The third kappa shape index (κ3) is 5.67. The number of alkyl halides is 3. The highest BCUT2D eigenvalue weighted by Crippen LogP contribution is 2.29. The molecule has 0 amide bonds. The number of hydrazine groups is 1. The van der Waals surface area contributed by atoms with Crippen LogP contribution in [0.4, 0.5) is 13.2 Å². The van der Waals surface area contributed by atoms with Crippen molar-refractivity contribution in [3.63, 3.8) is 0 Å². The summed E-state index contributed by atoms with van der Waals surface area (Å²) in [5.41, 5.74) is 2.50. The molecule has 0 saturated carbocycles. The molecule has 6 heteroatoms. The molecular weight excluding hydrogens is 255 g/mol. The van der Waals surface area contributed by atoms with Crippen molar-refractivity contribution in [1.29, 1.82) is 0 Å². The van der Waals surface area contributed by atoms with Gasteiger partial charge in [0.25, 0.3) is 0 Å². The lowest BCUT2D eigenvalue weighted by Gasteiger charge is -2.45. The minimum atomic E-state index is -4.09. The van der Waals surface area contributed by atoms with Crippen molar-refractivity contribution in [2.45, 2.75) is 71.1 Å². The van der Waals surface area contributed by atoms with Gasteiger partial charge in [-0.3, -0.25) is 16.2 Å². The van der Waals surface area contributed by atoms with Crippen LogP contribution in [-0.4, -0.2) is 35.7 Å². The lowest BCUT2D eigenvalue weighted by atomic mass is 9.84. The van der Waals surface area contributed by atoms with Gasteiger partial charge in [0.2, 0.25) is 0 Å². The van der Waals surface area contributed by atoms with Crippen molar-refractivity contribution in [3.8, 4) is 0 Å². The van der Waals surface area contributed by atoms with Gasteiger partial charge in [-0.15, -0.1) is 0 Å². The molecule has 3 N–H and O–H groups in total. The molecule has 0 saturated heterocycles. The van der Waals surface area contributed by atoms with E-state index >= 15 is 0 Å². The number of likely N-dealkylation sites (N-methyl/N-ethyl adjacent to an activating group) is 1. The van der Waals surface area contributed by atoms with Gasteiger partial charge in [-0.2, -0.15) is 13.2 Å². The summed E-state index contributed by atoms with van der Waals surface area (Å²) in [7, 11) is 0. The van der Waals surface area contributed by atoms with Gasteiger partial charge in [0.1, 0.15) is 0 Å². The third-order valence-electron chi connectivity index (χ3n) is 4.11. The lowest BCUT2D eigenvalue weighted by Crippen LogP contribution is -2.60. The van der Waals surface area contributed by atoms with E-state index in [-0.39, 0.29) is 18.0 Å². The normalized spacial score (nSPS) is 17.5. The number of halogens is 3. The molecule has 2 unspecified atom stereocenters. The number of rotatable bonds is 9. The van der Waals surface area contributed by atoms with Crippen molar-refractivity contribution in [3.05, 3.63) is 0 Å². The fourth-order valence-electron chi connectivity index (χ4n) is 2.72. The van der Waals surface area contributed by atoms with Gasteiger partial charge in [0.15, 0.2) is 0 Å². The Morgan fingerprint density at radius 1 is 1.16 bits per heavy atom. The molecule has 0 rings (SSSR count).